The van der Waals surface area contributed by atoms with Crippen molar-refractivity contribution in [3.8, 4) is 0 Å². The number of carbonyl (C=O) groups is 18. The Morgan fingerprint density at radius 2 is 0.640 bits per heavy atom. The van der Waals surface area contributed by atoms with E-state index in [2.05, 4.69) is 106 Å². The van der Waals surface area contributed by atoms with E-state index in [0.29, 0.717) is 108 Å². The summed E-state index contributed by atoms with van der Waals surface area (Å²) in [4.78, 5) is 228. The van der Waals surface area contributed by atoms with Gasteiger partial charge in [0, 0.05) is 231 Å². The summed E-state index contributed by atoms with van der Waals surface area (Å²) in [5, 5.41) is 72.4. The van der Waals surface area contributed by atoms with Gasteiger partial charge in [-0.2, -0.15) is 0 Å². The highest BCUT2D eigenvalue weighted by molar-refractivity contribution is 8.77. The van der Waals surface area contributed by atoms with Crippen LogP contribution in [0.5, 0.6) is 0 Å². The molecule has 22 N–H and O–H groups in total. The number of likely N-dealkylation sites (tertiary alicyclic amines) is 1. The Hall–Kier alpha value is -7.69. The number of unbranched alkanes of at least 4 members (excludes halogenated alkanes) is 3. The minimum Gasteiger partial charge on any atom is -0.394 e. The summed E-state index contributed by atoms with van der Waals surface area (Å²) in [6.45, 7) is 11.1. The van der Waals surface area contributed by atoms with Crippen molar-refractivity contribution in [1.29, 1.82) is 0 Å². The zero-order valence-electron chi connectivity index (χ0n) is 78.8. The van der Waals surface area contributed by atoms with Gasteiger partial charge in [-0.15, -0.1) is 11.8 Å². The smallest absolute Gasteiger partial charge is 0.314 e. The zero-order valence-corrected chi connectivity index (χ0v) is 84.5. The fraction of sp³-hybridized carbons (Fsp3) is 0.780. The van der Waals surface area contributed by atoms with Gasteiger partial charge in [-0.1, -0.05) is 64.8 Å². The van der Waals surface area contributed by atoms with Crippen LogP contribution in [0.2, 0.25) is 0 Å². The summed E-state index contributed by atoms with van der Waals surface area (Å²) in [5.74, 6) is -2.14. The number of carbonyl (C=O) groups excluding carboxylic acids is 18. The first-order valence-electron chi connectivity index (χ1n) is 45.8. The molecule has 20 amide bonds. The van der Waals surface area contributed by atoms with Gasteiger partial charge in [0.15, 0.2) is 0 Å². The third-order valence-electron chi connectivity index (χ3n) is 18.2. The van der Waals surface area contributed by atoms with Crippen molar-refractivity contribution in [2.24, 2.45) is 0 Å². The summed E-state index contributed by atoms with van der Waals surface area (Å²) in [5.41, 5.74) is 0. The van der Waals surface area contributed by atoms with Crippen molar-refractivity contribution in [2.45, 2.75) is 160 Å². The lowest BCUT2D eigenvalue weighted by molar-refractivity contribution is -0.139. The number of aliphatic hydroxyl groups excluding tert-OH is 2. The largest absolute Gasteiger partial charge is 0.394 e. The second kappa shape index (κ2) is 87.6. The van der Waals surface area contributed by atoms with Crippen LogP contribution in [-0.4, -0.2) is 402 Å². The Labute approximate surface area is 824 Å². The molecule has 5 atom stereocenters. The molecule has 136 heavy (non-hydrogen) atoms. The number of hydrogen-bond acceptors (Lipinski definition) is 35. The molecule has 0 aliphatic carbocycles. The van der Waals surface area contributed by atoms with Crippen LogP contribution >= 0.6 is 76.5 Å². The molecule has 0 aromatic heterocycles. The maximum absolute atomic E-state index is 13.7. The third-order valence-corrected chi connectivity index (χ3v) is 26.8. The molecule has 5 unspecified atom stereocenters. The molecule has 1 fully saturated rings. The number of rotatable bonds is 89. The molecule has 0 radical (unpaired) electrons. The summed E-state index contributed by atoms with van der Waals surface area (Å²) >= 11 is 0.964. The Morgan fingerprint density at radius 1 is 0.316 bits per heavy atom. The highest BCUT2D eigenvalue weighted by Crippen LogP contribution is 2.27. The number of amides is 20. The number of ether oxygens (including phenoxy) is 6. The zero-order chi connectivity index (χ0) is 100. The predicted octanol–water partition coefficient (Wildman–Crippen LogP) is -4.16. The Morgan fingerprint density at radius 3 is 1.01 bits per heavy atom. The van der Waals surface area contributed by atoms with E-state index >= 15 is 0 Å². The topological polar surface area (TPSA) is 647 Å². The van der Waals surface area contributed by atoms with Crippen molar-refractivity contribution < 1.29 is 125 Å². The third kappa shape index (κ3) is 76.2. The van der Waals surface area contributed by atoms with E-state index in [1.54, 1.807) is 64.8 Å². The fourth-order valence-corrected chi connectivity index (χ4v) is 18.2. The van der Waals surface area contributed by atoms with Gasteiger partial charge in [0.2, 0.25) is 94.5 Å². The second-order valence-corrected chi connectivity index (χ2v) is 39.1. The van der Waals surface area contributed by atoms with E-state index in [4.69, 9.17) is 38.6 Å². The molecule has 1 aliphatic rings. The van der Waals surface area contributed by atoms with Crippen LogP contribution in [0.15, 0.2) is 0 Å². The quantitative estimate of drug-likeness (QED) is 0.0119. The average molecular weight is 2070 g/mol. The van der Waals surface area contributed by atoms with E-state index in [1.165, 1.54) is 27.7 Å². The lowest BCUT2D eigenvalue weighted by Crippen LogP contribution is -2.48. The van der Waals surface area contributed by atoms with Crippen molar-refractivity contribution in [3.63, 3.8) is 0 Å². The molecule has 0 spiro atoms. The highest BCUT2D eigenvalue weighted by atomic mass is 33.1. The van der Waals surface area contributed by atoms with Crippen molar-refractivity contribution >= 4 is 183 Å². The first kappa shape index (κ1) is 126. The van der Waals surface area contributed by atoms with Crippen LogP contribution in [0.4, 0.5) is 9.59 Å². The molecule has 0 aromatic rings. The lowest BCUT2D eigenvalue weighted by Gasteiger charge is -2.20. The number of thioether (sulfide) groups is 1. The molecular formula is C82H149N21O26S7. The van der Waals surface area contributed by atoms with Crippen LogP contribution in [0.3, 0.4) is 0 Å². The second-order valence-electron chi connectivity index (χ2n) is 29.8. The molecule has 1 heterocycles. The van der Waals surface area contributed by atoms with Crippen LogP contribution in [0.25, 0.3) is 0 Å². The number of hydrogen-bond donors (Lipinski definition) is 22. The predicted molar refractivity (Wildman–Crippen MR) is 525 cm³/mol. The van der Waals surface area contributed by atoms with Gasteiger partial charge in [-0.3, -0.25) is 81.6 Å². The summed E-state index contributed by atoms with van der Waals surface area (Å²) in [7, 11) is 9.63. The van der Waals surface area contributed by atoms with Crippen molar-refractivity contribution in [1.82, 2.24) is 111 Å². The van der Waals surface area contributed by atoms with E-state index in [0.717, 1.165) is 40.5 Å². The van der Waals surface area contributed by atoms with Crippen LogP contribution < -0.4 is 106 Å². The number of nitrogens with one attached hydrogen (secondary N) is 20. The molecule has 0 aromatic carbocycles. The Balaban J connectivity index is 2.76. The molecule has 54 heteroatoms. The summed E-state index contributed by atoms with van der Waals surface area (Å²) in [6.07, 6.45) is 2.74. The number of nitrogens with zero attached hydrogens (tertiary/aromatic N) is 1. The normalized spacial score (nSPS) is 13.0. The van der Waals surface area contributed by atoms with Crippen LogP contribution in [-0.2, 0) is 105 Å². The first-order chi connectivity index (χ1) is 65.6. The van der Waals surface area contributed by atoms with Gasteiger partial charge in [0.1, 0.15) is 24.2 Å². The van der Waals surface area contributed by atoms with Gasteiger partial charge in [0.05, 0.1) is 97.7 Å². The molecule has 780 valence electrons. The molecule has 1 saturated heterocycles. The number of aliphatic hydroxyl groups is 2. The standard InChI is InChI=1S/C82H149N21O26S7/c1-60(106)85-31-52-132-131-51-30-84-59-83-23-14-69(110)88-20-8-6-12-65(77(118)91-26-41-126-45-37-104)101-73(114)18-39-124-47-49-128-43-28-93-76(117)64(11-5-9-21-89-70(111)15-24-95-81(122)97-34-55-135-133-53-32-86-61(2)107)100-72(113)17-36-103-75(116)57-68(80(103)121)130-58-67(99-63(4)109)79(120)94-29-44-129-50-48-125-40-19-74(115)102-66(78(119)92-27-42-127-46-38-105)13-7-10-22-90-71(112)16-25-96-82(123)98-35-56-136-134-54-33-87-62(3)108/h64-68,83-84,104-105H,5-59H2,1-4H3,(H,85,106)(H,86,107)(H,87,108)(H,88,110)(H,89,111)(H,90,112)(H,91,118)(H,92,119)(H,93,117)(H,94,120)(H,99,109)(H,100,113)(H,101,114)(H,102,115)(H2,95,97,122)(H2,96,98,123). The molecule has 0 bridgehead atoms. The van der Waals surface area contributed by atoms with Crippen LogP contribution in [0, 0.1) is 0 Å². The van der Waals surface area contributed by atoms with Gasteiger partial charge >= 0.3 is 12.1 Å². The van der Waals surface area contributed by atoms with Crippen molar-refractivity contribution in [2.75, 3.05) is 251 Å². The maximum atomic E-state index is 13.7. The molecule has 47 nitrogen and oxygen atoms in total. The monoisotopic (exact) mass is 2070 g/mol. The number of urea groups is 2. The number of imide groups is 1. The SMILES string of the molecule is CC(=O)NCCSSCCNCNCCC(=O)NCCCCC(NC(=O)CCOCCOCCNC(=O)C(CCCCNC(=O)CCNC(=O)NCCSSCCNC(C)=O)NC(=O)CCN1C(=O)CC(SCC(NC(C)=O)C(=O)NCCOCCOCCC(=O)NC(CCCCNC(=O)CCNC(=O)NCCSSCCNC(C)=O)C(=O)NCCOCCO)C1=O)C(=O)NCCOCCO. The van der Waals surface area contributed by atoms with E-state index < -0.39 is 107 Å². The molecule has 0 saturated carbocycles. The summed E-state index contributed by atoms with van der Waals surface area (Å²) < 4.78 is 32.9. The summed E-state index contributed by atoms with van der Waals surface area (Å²) in [6, 6.07) is -4.92. The Kier molecular flexibility index (Phi) is 81.3. The van der Waals surface area contributed by atoms with Gasteiger partial charge in [0.25, 0.3) is 0 Å². The van der Waals surface area contributed by atoms with Gasteiger partial charge < -0.3 is 145 Å². The van der Waals surface area contributed by atoms with Gasteiger partial charge in [-0.05, 0) is 57.8 Å². The molecule has 1 rings (SSSR count). The minimum absolute atomic E-state index is 0.00249. The van der Waals surface area contributed by atoms with E-state index in [-0.39, 0.29) is 250 Å². The van der Waals surface area contributed by atoms with Gasteiger partial charge in [-0.25, -0.2) is 9.59 Å². The first-order valence-corrected chi connectivity index (χ1v) is 54.3. The maximum Gasteiger partial charge on any atom is 0.314 e. The highest BCUT2D eigenvalue weighted by Gasteiger charge is 2.40. The fourth-order valence-electron chi connectivity index (χ4n) is 11.5. The van der Waals surface area contributed by atoms with E-state index in [9.17, 15) is 86.3 Å². The minimum atomic E-state index is -1.14. The molecule has 1 aliphatic heterocycles. The average Bonchev–Trinajstić information content (AvgIpc) is 1.69. The van der Waals surface area contributed by atoms with Crippen molar-refractivity contribution in [3.05, 3.63) is 0 Å². The van der Waals surface area contributed by atoms with Crippen LogP contribution in [0.1, 0.15) is 130 Å². The Bertz CT molecular complexity index is 3450. The molecular weight excluding hydrogens is 1920 g/mol. The lowest BCUT2D eigenvalue weighted by atomic mass is 10.1. The van der Waals surface area contributed by atoms with E-state index in [1.807, 2.05) is 0 Å².